The second-order valence-electron chi connectivity index (χ2n) is 5.52. The molecule has 112 valence electrons. The topological polar surface area (TPSA) is 122 Å². The van der Waals surface area contributed by atoms with Gasteiger partial charge in [0, 0.05) is 10.8 Å². The number of rotatable bonds is 0. The van der Waals surface area contributed by atoms with Crippen molar-refractivity contribution in [3.63, 3.8) is 0 Å². The molecule has 0 bridgehead atoms. The Labute approximate surface area is 126 Å². The summed E-state index contributed by atoms with van der Waals surface area (Å²) < 4.78 is 0. The van der Waals surface area contributed by atoms with Crippen molar-refractivity contribution >= 4 is 22.3 Å². The lowest BCUT2D eigenvalue weighted by atomic mass is 10.0. The molecule has 0 atom stereocenters. The van der Waals surface area contributed by atoms with E-state index in [9.17, 15) is 19.8 Å². The highest BCUT2D eigenvalue weighted by Gasteiger charge is 2.19. The summed E-state index contributed by atoms with van der Waals surface area (Å²) in [6.07, 6.45) is -0.203. The lowest BCUT2D eigenvalue weighted by Crippen LogP contribution is -2.52. The average molecular weight is 306 g/mol. The van der Waals surface area contributed by atoms with E-state index in [1.807, 2.05) is 0 Å². The van der Waals surface area contributed by atoms with Crippen molar-refractivity contribution in [3.8, 4) is 0 Å². The molecule has 6 nitrogen and oxygen atoms in total. The molecule has 0 heterocycles. The largest absolute Gasteiger partial charge is 0.511 e. The molecule has 0 fully saturated rings. The quantitative estimate of drug-likeness (QED) is 0.419. The highest BCUT2D eigenvalue weighted by Crippen LogP contribution is 2.06. The maximum absolute atomic E-state index is 12.7. The van der Waals surface area contributed by atoms with Crippen molar-refractivity contribution in [3.05, 3.63) is 76.3 Å². The van der Waals surface area contributed by atoms with Crippen molar-refractivity contribution in [2.45, 2.75) is 6.42 Å². The first kappa shape index (κ1) is 13.4. The van der Waals surface area contributed by atoms with Gasteiger partial charge in [0.15, 0.2) is 10.9 Å². The molecule has 1 aromatic carbocycles. The van der Waals surface area contributed by atoms with Crippen molar-refractivity contribution in [1.82, 2.24) is 0 Å². The molecule has 4 N–H and O–H groups in total. The van der Waals surface area contributed by atoms with E-state index in [1.54, 1.807) is 12.1 Å². The minimum Gasteiger partial charge on any atom is -0.511 e. The zero-order valence-electron chi connectivity index (χ0n) is 11.7. The molecule has 6 heteroatoms. The van der Waals surface area contributed by atoms with Crippen LogP contribution in [-0.2, 0) is 0 Å². The summed E-state index contributed by atoms with van der Waals surface area (Å²) in [6, 6.07) is 6.25. The lowest BCUT2D eigenvalue weighted by molar-refractivity contribution is 0.457. The van der Waals surface area contributed by atoms with E-state index in [-0.39, 0.29) is 60.3 Å². The molecule has 0 spiro atoms. The highest BCUT2D eigenvalue weighted by molar-refractivity contribution is 5.82. The molecule has 0 aromatic heterocycles. The molecule has 0 unspecified atom stereocenters. The Morgan fingerprint density at radius 1 is 0.739 bits per heavy atom. The van der Waals surface area contributed by atoms with E-state index in [1.165, 1.54) is 12.1 Å². The van der Waals surface area contributed by atoms with Gasteiger partial charge in [-0.2, -0.15) is 0 Å². The Kier molecular flexibility index (Phi) is 2.40. The fourth-order valence-corrected chi connectivity index (χ4v) is 3.27. The van der Waals surface area contributed by atoms with Gasteiger partial charge in [-0.25, -0.2) is 0 Å². The van der Waals surface area contributed by atoms with Crippen molar-refractivity contribution in [2.24, 2.45) is 0 Å². The third-order valence-electron chi connectivity index (χ3n) is 4.28. The SMILES string of the molecule is N=c1c2c(c(=N)c3c(=O)c4ccccc4c(=O)c1=3)=C(O)CC=2O. The lowest BCUT2D eigenvalue weighted by Gasteiger charge is -1.99. The van der Waals surface area contributed by atoms with Gasteiger partial charge in [0.2, 0.25) is 0 Å². The van der Waals surface area contributed by atoms with Crippen LogP contribution in [0, 0.1) is 21.3 Å². The summed E-state index contributed by atoms with van der Waals surface area (Å²) in [5, 5.41) is 35.6. The molecule has 0 aliphatic heterocycles. The summed E-state index contributed by atoms with van der Waals surface area (Å²) in [5.41, 5.74) is -1.04. The highest BCUT2D eigenvalue weighted by atomic mass is 16.3. The van der Waals surface area contributed by atoms with Crippen LogP contribution in [0.1, 0.15) is 6.42 Å². The van der Waals surface area contributed by atoms with E-state index < -0.39 is 10.9 Å². The van der Waals surface area contributed by atoms with Crippen LogP contribution in [0.2, 0.25) is 0 Å². The van der Waals surface area contributed by atoms with Gasteiger partial charge in [0.25, 0.3) is 0 Å². The molecule has 23 heavy (non-hydrogen) atoms. The maximum atomic E-state index is 12.7. The molecule has 0 radical (unpaired) electrons. The number of hydrogen-bond donors (Lipinski definition) is 4. The van der Waals surface area contributed by atoms with Crippen LogP contribution >= 0.6 is 0 Å². The standard InChI is InChI=1S/C17H10N2O4/c18-14-10-8(20)5-9(21)11(10)15(19)13-12(14)16(22)6-3-1-2-4-7(6)17(13)23/h1-4,18-21H,5H2. The summed E-state index contributed by atoms with van der Waals surface area (Å²) in [4.78, 5) is 25.4. The summed E-state index contributed by atoms with van der Waals surface area (Å²) in [5.74, 6) is -0.532. The summed E-state index contributed by atoms with van der Waals surface area (Å²) in [6.45, 7) is 0. The van der Waals surface area contributed by atoms with Gasteiger partial charge < -0.3 is 10.2 Å². The third-order valence-corrected chi connectivity index (χ3v) is 4.28. The first-order valence-corrected chi connectivity index (χ1v) is 6.89. The van der Waals surface area contributed by atoms with Gasteiger partial charge in [0.1, 0.15) is 11.5 Å². The maximum Gasteiger partial charge on any atom is 0.196 e. The first-order chi connectivity index (χ1) is 10.9. The Morgan fingerprint density at radius 3 is 1.52 bits per heavy atom. The van der Waals surface area contributed by atoms with Crippen LogP contribution in [-0.4, -0.2) is 10.2 Å². The molecule has 3 aliphatic carbocycles. The molecule has 0 amide bonds. The van der Waals surface area contributed by atoms with Crippen molar-refractivity contribution in [1.29, 1.82) is 10.8 Å². The van der Waals surface area contributed by atoms with Gasteiger partial charge in [-0.1, -0.05) is 24.3 Å². The van der Waals surface area contributed by atoms with Crippen LogP contribution in [0.4, 0.5) is 0 Å². The second kappa shape index (κ2) is 4.13. The Bertz CT molecular complexity index is 1320. The molecule has 0 saturated carbocycles. The number of aliphatic hydroxyl groups is 2. The number of nitrogens with one attached hydrogen (secondary N) is 2. The van der Waals surface area contributed by atoms with Crippen LogP contribution in [0.25, 0.3) is 22.3 Å². The van der Waals surface area contributed by atoms with Crippen LogP contribution in [0.3, 0.4) is 0 Å². The number of benzene rings is 1. The smallest absolute Gasteiger partial charge is 0.196 e. The normalized spacial score (nSPS) is 13.9. The fourth-order valence-electron chi connectivity index (χ4n) is 3.27. The van der Waals surface area contributed by atoms with Crippen LogP contribution in [0.5, 0.6) is 0 Å². The van der Waals surface area contributed by atoms with Gasteiger partial charge >= 0.3 is 0 Å². The fraction of sp³-hybridized carbons (Fsp3) is 0.0588. The molecule has 0 saturated heterocycles. The molecular formula is C17H10N2O4. The average Bonchev–Trinajstić information content (AvgIpc) is 2.83. The monoisotopic (exact) mass is 306 g/mol. The van der Waals surface area contributed by atoms with Crippen molar-refractivity contribution in [2.75, 3.05) is 0 Å². The van der Waals surface area contributed by atoms with Crippen molar-refractivity contribution < 1.29 is 10.2 Å². The molecule has 4 rings (SSSR count). The van der Waals surface area contributed by atoms with E-state index in [2.05, 4.69) is 0 Å². The van der Waals surface area contributed by atoms with Gasteiger partial charge in [0.05, 0.1) is 38.0 Å². The minimum atomic E-state index is -0.518. The minimum absolute atomic E-state index is 0.0354. The Hall–Kier alpha value is -3.28. The summed E-state index contributed by atoms with van der Waals surface area (Å²) >= 11 is 0. The van der Waals surface area contributed by atoms with Gasteiger partial charge in [-0.05, 0) is 0 Å². The Balaban J connectivity index is 2.66. The number of aliphatic hydroxyl groups excluding tert-OH is 2. The van der Waals surface area contributed by atoms with Gasteiger partial charge in [-0.3, -0.25) is 20.4 Å². The predicted octanol–water partition coefficient (Wildman–Crippen LogP) is -1.14. The van der Waals surface area contributed by atoms with Crippen LogP contribution < -0.4 is 32.0 Å². The van der Waals surface area contributed by atoms with E-state index in [4.69, 9.17) is 10.8 Å². The van der Waals surface area contributed by atoms with Gasteiger partial charge in [-0.15, -0.1) is 0 Å². The number of hydrogen-bond acceptors (Lipinski definition) is 6. The van der Waals surface area contributed by atoms with E-state index >= 15 is 0 Å². The summed E-state index contributed by atoms with van der Waals surface area (Å²) in [7, 11) is 0. The van der Waals surface area contributed by atoms with E-state index in [0.717, 1.165) is 0 Å². The zero-order chi connectivity index (χ0) is 16.5. The number of fused-ring (bicyclic) bond motifs is 2. The molecule has 1 aromatic rings. The first-order valence-electron chi connectivity index (χ1n) is 6.89. The molecule has 3 aliphatic rings. The Morgan fingerprint density at radius 2 is 1.13 bits per heavy atom. The van der Waals surface area contributed by atoms with Crippen LogP contribution in [0.15, 0.2) is 33.9 Å². The molecular weight excluding hydrogens is 296 g/mol. The predicted molar refractivity (Wildman–Crippen MR) is 81.8 cm³/mol. The zero-order valence-corrected chi connectivity index (χ0v) is 11.7. The second-order valence-corrected chi connectivity index (χ2v) is 5.52. The van der Waals surface area contributed by atoms with E-state index in [0.29, 0.717) is 0 Å². The third kappa shape index (κ3) is 1.47.